The lowest BCUT2D eigenvalue weighted by molar-refractivity contribution is 0.437. The van der Waals surface area contributed by atoms with Crippen molar-refractivity contribution in [2.24, 2.45) is 0 Å². The Bertz CT molecular complexity index is 1180. The van der Waals surface area contributed by atoms with Crippen LogP contribution in [0.1, 0.15) is 24.3 Å². The van der Waals surface area contributed by atoms with Crippen molar-refractivity contribution in [3.05, 3.63) is 66.0 Å². The largest absolute Gasteiger partial charge is 0.450 e. The van der Waals surface area contributed by atoms with Gasteiger partial charge in [-0.15, -0.1) is 5.10 Å². The predicted molar refractivity (Wildman–Crippen MR) is 103 cm³/mol. The van der Waals surface area contributed by atoms with Crippen molar-refractivity contribution in [2.45, 2.75) is 18.8 Å². The van der Waals surface area contributed by atoms with Crippen LogP contribution in [0.3, 0.4) is 0 Å². The van der Waals surface area contributed by atoms with E-state index in [-0.39, 0.29) is 5.75 Å². The molecule has 150 valence electrons. The van der Waals surface area contributed by atoms with Gasteiger partial charge < -0.3 is 10.1 Å². The second kappa shape index (κ2) is 7.47. The highest BCUT2D eigenvalue weighted by Crippen LogP contribution is 2.43. The molecule has 0 unspecified atom stereocenters. The van der Waals surface area contributed by atoms with Crippen LogP contribution in [-0.2, 0) is 0 Å². The lowest BCUT2D eigenvalue weighted by Gasteiger charge is -2.14. The molecule has 3 aromatic heterocycles. The highest BCUT2D eigenvalue weighted by Gasteiger charge is 2.25. The number of pyridine rings is 2. The van der Waals surface area contributed by atoms with Crippen LogP contribution in [0, 0.1) is 11.6 Å². The van der Waals surface area contributed by atoms with E-state index in [0.717, 1.165) is 30.5 Å². The molecule has 0 radical (unpaired) electrons. The third kappa shape index (κ3) is 3.79. The molecule has 1 aliphatic rings. The third-order valence-corrected chi connectivity index (χ3v) is 4.67. The SMILES string of the molecule is Fc1ccc(Oc2cc(C3CC3)cnc2Nc2ccc(-c3nnn[nH]3)cn2)c(F)c1. The van der Waals surface area contributed by atoms with Crippen LogP contribution in [0.15, 0.2) is 48.8 Å². The Morgan fingerprint density at radius 1 is 1.00 bits per heavy atom. The monoisotopic (exact) mass is 407 g/mol. The number of nitrogens with zero attached hydrogens (tertiary/aromatic N) is 5. The molecule has 10 heteroatoms. The number of tetrazole rings is 1. The van der Waals surface area contributed by atoms with Crippen molar-refractivity contribution in [1.29, 1.82) is 0 Å². The summed E-state index contributed by atoms with van der Waals surface area (Å²) in [4.78, 5) is 8.77. The van der Waals surface area contributed by atoms with Gasteiger partial charge in [0.2, 0.25) is 0 Å². The Labute approximate surface area is 169 Å². The molecule has 0 aliphatic heterocycles. The van der Waals surface area contributed by atoms with Gasteiger partial charge in [-0.3, -0.25) is 0 Å². The molecule has 0 amide bonds. The van der Waals surface area contributed by atoms with Crippen LogP contribution < -0.4 is 10.1 Å². The summed E-state index contributed by atoms with van der Waals surface area (Å²) in [6.07, 6.45) is 5.53. The van der Waals surface area contributed by atoms with E-state index in [1.165, 1.54) is 6.07 Å². The second-order valence-electron chi connectivity index (χ2n) is 6.87. The minimum atomic E-state index is -0.791. The number of aromatic amines is 1. The van der Waals surface area contributed by atoms with E-state index in [0.29, 0.717) is 34.7 Å². The molecule has 5 rings (SSSR count). The zero-order chi connectivity index (χ0) is 20.5. The first kappa shape index (κ1) is 18.1. The van der Waals surface area contributed by atoms with Gasteiger partial charge in [0.1, 0.15) is 11.6 Å². The molecule has 8 nitrogen and oxygen atoms in total. The van der Waals surface area contributed by atoms with E-state index < -0.39 is 11.6 Å². The Hall–Kier alpha value is -3.95. The molecule has 1 saturated carbocycles. The van der Waals surface area contributed by atoms with Crippen molar-refractivity contribution in [2.75, 3.05) is 5.32 Å². The first-order valence-corrected chi connectivity index (χ1v) is 9.26. The third-order valence-electron chi connectivity index (χ3n) is 4.67. The molecule has 1 fully saturated rings. The standard InChI is InChI=1S/C20H15F2N7O/c21-14-4-5-16(15(22)8-14)30-17-7-13(11-1-2-11)10-24-20(17)25-18-6-3-12(9-23-18)19-26-28-29-27-19/h3-11H,1-2H2,(H,23,24,25)(H,26,27,28,29). The van der Waals surface area contributed by atoms with Gasteiger partial charge in [-0.1, -0.05) is 0 Å². The number of rotatable bonds is 6. The van der Waals surface area contributed by atoms with Crippen LogP contribution in [0.25, 0.3) is 11.4 Å². The Morgan fingerprint density at radius 2 is 1.90 bits per heavy atom. The summed E-state index contributed by atoms with van der Waals surface area (Å²) in [5, 5.41) is 16.6. The van der Waals surface area contributed by atoms with Crippen LogP contribution >= 0.6 is 0 Å². The number of nitrogens with one attached hydrogen (secondary N) is 2. The number of ether oxygens (including phenoxy) is 1. The van der Waals surface area contributed by atoms with Crippen molar-refractivity contribution >= 4 is 11.6 Å². The van der Waals surface area contributed by atoms with E-state index in [2.05, 4.69) is 35.9 Å². The van der Waals surface area contributed by atoms with Crippen LogP contribution in [0.5, 0.6) is 11.5 Å². The minimum absolute atomic E-state index is 0.0877. The highest BCUT2D eigenvalue weighted by molar-refractivity contribution is 5.63. The molecule has 0 bridgehead atoms. The molecule has 1 aromatic carbocycles. The number of aromatic nitrogens is 6. The van der Waals surface area contributed by atoms with Crippen LogP contribution in [-0.4, -0.2) is 30.6 Å². The normalized spacial score (nSPS) is 13.3. The second-order valence-corrected chi connectivity index (χ2v) is 6.87. The fraction of sp³-hybridized carbons (Fsp3) is 0.150. The summed E-state index contributed by atoms with van der Waals surface area (Å²) >= 11 is 0. The molecule has 0 atom stereocenters. The van der Waals surface area contributed by atoms with Gasteiger partial charge in [0.05, 0.1) is 0 Å². The summed E-state index contributed by atoms with van der Waals surface area (Å²) in [6.45, 7) is 0. The highest BCUT2D eigenvalue weighted by atomic mass is 19.1. The number of H-pyrrole nitrogens is 1. The van der Waals surface area contributed by atoms with Gasteiger partial charge in [0.15, 0.2) is 29.0 Å². The van der Waals surface area contributed by atoms with Gasteiger partial charge in [-0.25, -0.2) is 23.8 Å². The first-order chi connectivity index (χ1) is 14.7. The predicted octanol–water partition coefficient (Wildman–Crippen LogP) is 4.35. The van der Waals surface area contributed by atoms with Gasteiger partial charge >= 0.3 is 0 Å². The van der Waals surface area contributed by atoms with Gasteiger partial charge in [0, 0.05) is 24.0 Å². The summed E-state index contributed by atoms with van der Waals surface area (Å²) in [5.41, 5.74) is 1.73. The lowest BCUT2D eigenvalue weighted by atomic mass is 10.2. The molecule has 4 aromatic rings. The maximum absolute atomic E-state index is 14.1. The van der Waals surface area contributed by atoms with E-state index in [9.17, 15) is 8.78 Å². The van der Waals surface area contributed by atoms with E-state index in [4.69, 9.17) is 4.74 Å². The molecule has 0 saturated heterocycles. The topological polar surface area (TPSA) is 101 Å². The molecular formula is C20H15F2N7O. The zero-order valence-electron chi connectivity index (χ0n) is 15.5. The Kier molecular flexibility index (Phi) is 4.51. The van der Waals surface area contributed by atoms with E-state index >= 15 is 0 Å². The molecular weight excluding hydrogens is 392 g/mol. The fourth-order valence-electron chi connectivity index (χ4n) is 2.96. The quantitative estimate of drug-likeness (QED) is 0.490. The molecule has 2 N–H and O–H groups in total. The average Bonchev–Trinajstić information content (AvgIpc) is 3.46. The van der Waals surface area contributed by atoms with Crippen molar-refractivity contribution < 1.29 is 13.5 Å². The van der Waals surface area contributed by atoms with Crippen molar-refractivity contribution in [1.82, 2.24) is 30.6 Å². The molecule has 1 aliphatic carbocycles. The summed E-state index contributed by atoms with van der Waals surface area (Å²) < 4.78 is 33.1. The number of hydrogen-bond acceptors (Lipinski definition) is 7. The average molecular weight is 407 g/mol. The maximum Gasteiger partial charge on any atom is 0.180 e. The summed E-state index contributed by atoms with van der Waals surface area (Å²) in [5.74, 6) is 0.574. The van der Waals surface area contributed by atoms with Crippen LogP contribution in [0.4, 0.5) is 20.4 Å². The lowest BCUT2D eigenvalue weighted by Crippen LogP contribution is -2.01. The summed E-state index contributed by atoms with van der Waals surface area (Å²) in [6, 6.07) is 8.51. The van der Waals surface area contributed by atoms with Gasteiger partial charge in [-0.05, 0) is 65.1 Å². The number of hydrogen-bond donors (Lipinski definition) is 2. The van der Waals surface area contributed by atoms with E-state index in [1.807, 2.05) is 6.07 Å². The van der Waals surface area contributed by atoms with Gasteiger partial charge in [-0.2, -0.15) is 0 Å². The number of anilines is 2. The van der Waals surface area contributed by atoms with Crippen LogP contribution in [0.2, 0.25) is 0 Å². The molecule has 3 heterocycles. The zero-order valence-corrected chi connectivity index (χ0v) is 15.5. The summed E-state index contributed by atoms with van der Waals surface area (Å²) in [7, 11) is 0. The minimum Gasteiger partial charge on any atom is -0.450 e. The smallest absolute Gasteiger partial charge is 0.180 e. The maximum atomic E-state index is 14.1. The van der Waals surface area contributed by atoms with E-state index in [1.54, 1.807) is 24.5 Å². The number of halogens is 2. The molecule has 30 heavy (non-hydrogen) atoms. The first-order valence-electron chi connectivity index (χ1n) is 9.26. The Balaban J connectivity index is 1.43. The van der Waals surface area contributed by atoms with Crippen molar-refractivity contribution in [3.8, 4) is 22.9 Å². The molecule has 0 spiro atoms. The van der Waals surface area contributed by atoms with Crippen molar-refractivity contribution in [3.63, 3.8) is 0 Å². The number of benzene rings is 1. The fourth-order valence-corrected chi connectivity index (χ4v) is 2.96. The van der Waals surface area contributed by atoms with Gasteiger partial charge in [0.25, 0.3) is 0 Å². The Morgan fingerprint density at radius 3 is 2.60 bits per heavy atom.